The maximum Gasteiger partial charge on any atom is 0.261 e. The summed E-state index contributed by atoms with van der Waals surface area (Å²) in [5, 5.41) is 3.52. The van der Waals surface area contributed by atoms with E-state index in [1.165, 1.54) is 0 Å². The molecule has 0 unspecified atom stereocenters. The van der Waals surface area contributed by atoms with Gasteiger partial charge >= 0.3 is 0 Å². The van der Waals surface area contributed by atoms with Gasteiger partial charge in [0.1, 0.15) is 5.82 Å². The van der Waals surface area contributed by atoms with Gasteiger partial charge < -0.3 is 5.32 Å². The van der Waals surface area contributed by atoms with Crippen molar-refractivity contribution in [2.75, 3.05) is 6.54 Å². The Balaban J connectivity index is 1.82. The number of rotatable bonds is 5. The van der Waals surface area contributed by atoms with Crippen molar-refractivity contribution < 1.29 is 4.79 Å². The maximum atomic E-state index is 12.7. The molecule has 0 atom stereocenters. The fourth-order valence-corrected chi connectivity index (χ4v) is 2.93. The minimum atomic E-state index is -0.122. The zero-order chi connectivity index (χ0) is 17.8. The van der Waals surface area contributed by atoms with Crippen molar-refractivity contribution in [1.29, 1.82) is 0 Å². The number of aromatic nitrogens is 2. The normalized spacial score (nSPS) is 10.8. The number of para-hydroxylation sites is 1. The van der Waals surface area contributed by atoms with Gasteiger partial charge in [-0.3, -0.25) is 14.2 Å². The zero-order valence-electron chi connectivity index (χ0n) is 14.5. The summed E-state index contributed by atoms with van der Waals surface area (Å²) in [6.45, 7) is 4.86. The summed E-state index contributed by atoms with van der Waals surface area (Å²) in [7, 11) is 0. The molecule has 0 fully saturated rings. The van der Waals surface area contributed by atoms with Crippen LogP contribution in [0.4, 0.5) is 0 Å². The van der Waals surface area contributed by atoms with Crippen LogP contribution in [0, 0.1) is 6.92 Å². The number of nitrogens with one attached hydrogen (secondary N) is 1. The molecule has 0 aliphatic heterocycles. The molecule has 0 saturated heterocycles. The Hall–Kier alpha value is -2.95. The zero-order valence-corrected chi connectivity index (χ0v) is 14.5. The second kappa shape index (κ2) is 7.30. The average molecular weight is 335 g/mol. The number of carbonyl (C=O) groups excluding carboxylic acids is 1. The molecule has 0 aliphatic carbocycles. The number of aryl methyl sites for hydroxylation is 1. The first-order valence-corrected chi connectivity index (χ1v) is 8.44. The van der Waals surface area contributed by atoms with Crippen LogP contribution in [0.2, 0.25) is 0 Å². The first kappa shape index (κ1) is 16.9. The Bertz CT molecular complexity index is 962. The van der Waals surface area contributed by atoms with E-state index in [9.17, 15) is 9.59 Å². The van der Waals surface area contributed by atoms with Crippen molar-refractivity contribution in [2.24, 2.45) is 0 Å². The van der Waals surface area contributed by atoms with Gasteiger partial charge in [-0.1, -0.05) is 30.3 Å². The molecule has 3 aromatic rings. The van der Waals surface area contributed by atoms with Crippen LogP contribution in [0.3, 0.4) is 0 Å². The first-order chi connectivity index (χ1) is 12.1. The summed E-state index contributed by atoms with van der Waals surface area (Å²) in [6, 6.07) is 14.7. The van der Waals surface area contributed by atoms with Gasteiger partial charge in [0.05, 0.1) is 10.9 Å². The van der Waals surface area contributed by atoms with E-state index >= 15 is 0 Å². The molecule has 1 heterocycles. The van der Waals surface area contributed by atoms with E-state index in [1.807, 2.05) is 50.2 Å². The molecule has 0 radical (unpaired) electrons. The minimum absolute atomic E-state index is 0.0272. The highest BCUT2D eigenvalue weighted by Gasteiger charge is 2.12. The average Bonchev–Trinajstić information content (AvgIpc) is 2.63. The molecule has 0 bridgehead atoms. The van der Waals surface area contributed by atoms with Gasteiger partial charge in [-0.25, -0.2) is 4.98 Å². The Morgan fingerprint density at radius 3 is 2.60 bits per heavy atom. The smallest absolute Gasteiger partial charge is 0.261 e. The van der Waals surface area contributed by atoms with E-state index in [1.54, 1.807) is 16.7 Å². The molecule has 0 saturated carbocycles. The van der Waals surface area contributed by atoms with Crippen LogP contribution >= 0.6 is 0 Å². The quantitative estimate of drug-likeness (QED) is 0.780. The maximum absolute atomic E-state index is 12.7. The monoisotopic (exact) mass is 335 g/mol. The summed E-state index contributed by atoms with van der Waals surface area (Å²) in [4.78, 5) is 29.5. The Morgan fingerprint density at radius 1 is 1.12 bits per heavy atom. The fraction of sp³-hybridized carbons (Fsp3) is 0.250. The number of fused-ring (bicyclic) bond motifs is 1. The summed E-state index contributed by atoms with van der Waals surface area (Å²) in [6.07, 6.45) is 0.506. The van der Waals surface area contributed by atoms with Crippen LogP contribution in [-0.2, 0) is 13.0 Å². The number of carbonyl (C=O) groups is 1. The van der Waals surface area contributed by atoms with E-state index in [0.717, 1.165) is 11.1 Å². The molecule has 128 valence electrons. The summed E-state index contributed by atoms with van der Waals surface area (Å²) in [5.74, 6) is 0.575. The highest BCUT2D eigenvalue weighted by atomic mass is 16.1. The predicted octanol–water partition coefficient (Wildman–Crippen LogP) is 2.70. The van der Waals surface area contributed by atoms with E-state index < -0.39 is 0 Å². The molecule has 1 amide bonds. The van der Waals surface area contributed by atoms with Gasteiger partial charge in [-0.05, 0) is 37.6 Å². The van der Waals surface area contributed by atoms with Crippen molar-refractivity contribution in [3.8, 4) is 0 Å². The van der Waals surface area contributed by atoms with Crippen LogP contribution in [0.15, 0.2) is 53.3 Å². The van der Waals surface area contributed by atoms with Crippen LogP contribution in [-0.4, -0.2) is 22.0 Å². The van der Waals surface area contributed by atoms with Gasteiger partial charge in [0.25, 0.3) is 11.5 Å². The van der Waals surface area contributed by atoms with Crippen molar-refractivity contribution >= 4 is 16.8 Å². The largest absolute Gasteiger partial charge is 0.352 e. The number of benzene rings is 2. The highest BCUT2D eigenvalue weighted by molar-refractivity contribution is 5.94. The van der Waals surface area contributed by atoms with Gasteiger partial charge in [-0.2, -0.15) is 0 Å². The van der Waals surface area contributed by atoms with Gasteiger partial charge in [0.2, 0.25) is 0 Å². The lowest BCUT2D eigenvalue weighted by atomic mass is 10.1. The summed E-state index contributed by atoms with van der Waals surface area (Å²) >= 11 is 0. The number of hydrogen-bond donors (Lipinski definition) is 1. The van der Waals surface area contributed by atoms with Gasteiger partial charge in [-0.15, -0.1) is 0 Å². The van der Waals surface area contributed by atoms with Crippen molar-refractivity contribution in [2.45, 2.75) is 26.8 Å². The molecule has 5 heteroatoms. The highest BCUT2D eigenvalue weighted by Crippen LogP contribution is 2.13. The summed E-state index contributed by atoms with van der Waals surface area (Å²) < 4.78 is 1.68. The van der Waals surface area contributed by atoms with E-state index in [0.29, 0.717) is 36.3 Å². The fourth-order valence-electron chi connectivity index (χ4n) is 2.93. The topological polar surface area (TPSA) is 64.0 Å². The van der Waals surface area contributed by atoms with Crippen LogP contribution < -0.4 is 10.9 Å². The standard InChI is InChI=1S/C20H21N3O2/c1-3-23-17(12-13-21-19(24)15-9-5-4-6-10-15)22-18-14(2)8-7-11-16(18)20(23)25/h4-11H,3,12-13H2,1-2H3,(H,21,24). The second-order valence-corrected chi connectivity index (χ2v) is 5.92. The van der Waals surface area contributed by atoms with Crippen molar-refractivity contribution in [3.63, 3.8) is 0 Å². The van der Waals surface area contributed by atoms with Gasteiger partial charge in [0, 0.05) is 25.1 Å². The second-order valence-electron chi connectivity index (χ2n) is 5.92. The van der Waals surface area contributed by atoms with Crippen LogP contribution in [0.25, 0.3) is 10.9 Å². The third kappa shape index (κ3) is 3.45. The van der Waals surface area contributed by atoms with Crippen LogP contribution in [0.5, 0.6) is 0 Å². The molecular weight excluding hydrogens is 314 g/mol. The number of nitrogens with zero attached hydrogens (tertiary/aromatic N) is 2. The van der Waals surface area contributed by atoms with Crippen LogP contribution in [0.1, 0.15) is 28.7 Å². The van der Waals surface area contributed by atoms with Crippen molar-refractivity contribution in [1.82, 2.24) is 14.9 Å². The molecule has 1 aromatic heterocycles. The Morgan fingerprint density at radius 2 is 1.88 bits per heavy atom. The number of amides is 1. The third-order valence-corrected chi connectivity index (χ3v) is 4.25. The molecule has 5 nitrogen and oxygen atoms in total. The molecule has 3 rings (SSSR count). The molecule has 0 aliphatic rings. The molecule has 2 aromatic carbocycles. The molecule has 25 heavy (non-hydrogen) atoms. The lowest BCUT2D eigenvalue weighted by Crippen LogP contribution is -2.30. The Kier molecular flexibility index (Phi) is 4.93. The lowest BCUT2D eigenvalue weighted by molar-refractivity contribution is 0.0954. The molecule has 0 spiro atoms. The number of hydrogen-bond acceptors (Lipinski definition) is 3. The lowest BCUT2D eigenvalue weighted by Gasteiger charge is -2.13. The predicted molar refractivity (Wildman–Crippen MR) is 98.9 cm³/mol. The Labute approximate surface area is 146 Å². The molecule has 1 N–H and O–H groups in total. The van der Waals surface area contributed by atoms with E-state index in [4.69, 9.17) is 0 Å². The molecular formula is C20H21N3O2. The third-order valence-electron chi connectivity index (χ3n) is 4.25. The summed E-state index contributed by atoms with van der Waals surface area (Å²) in [5.41, 5.74) is 2.31. The van der Waals surface area contributed by atoms with Crippen molar-refractivity contribution in [3.05, 3.63) is 75.8 Å². The van der Waals surface area contributed by atoms with E-state index in [-0.39, 0.29) is 11.5 Å². The van der Waals surface area contributed by atoms with Gasteiger partial charge in [0.15, 0.2) is 0 Å². The minimum Gasteiger partial charge on any atom is -0.352 e. The van der Waals surface area contributed by atoms with E-state index in [2.05, 4.69) is 10.3 Å². The SMILES string of the molecule is CCn1c(CCNC(=O)c2ccccc2)nc2c(C)cccc2c1=O. The first-order valence-electron chi connectivity index (χ1n) is 8.44.